The first-order valence-electron chi connectivity index (χ1n) is 5.07. The van der Waals surface area contributed by atoms with Gasteiger partial charge in [-0.1, -0.05) is 30.0 Å². The van der Waals surface area contributed by atoms with E-state index in [1.807, 2.05) is 0 Å². The zero-order valence-electron chi connectivity index (χ0n) is 9.48. The van der Waals surface area contributed by atoms with Crippen LogP contribution < -0.4 is 5.32 Å². The second-order valence-corrected chi connectivity index (χ2v) is 5.85. The summed E-state index contributed by atoms with van der Waals surface area (Å²) in [5.41, 5.74) is 0.212. The lowest BCUT2D eigenvalue weighted by atomic mass is 10.2. The normalized spacial score (nSPS) is 18.2. The fourth-order valence-corrected chi connectivity index (χ4v) is 2.64. The Hall–Kier alpha value is -1.71. The molecule has 1 aromatic carbocycles. The predicted octanol–water partition coefficient (Wildman–Crippen LogP) is 0.486. The summed E-state index contributed by atoms with van der Waals surface area (Å²) < 4.78 is 31.3. The topological polar surface area (TPSA) is 108 Å². The monoisotopic (exact) mass is 299 g/mol. The molecule has 1 saturated heterocycles. The van der Waals surface area contributed by atoms with Gasteiger partial charge < -0.3 is 5.32 Å². The fourth-order valence-electron chi connectivity index (χ4n) is 1.34. The second kappa shape index (κ2) is 5.51. The van der Waals surface area contributed by atoms with Crippen molar-refractivity contribution in [1.82, 2.24) is 5.32 Å². The zero-order chi connectivity index (χ0) is 13.9. The van der Waals surface area contributed by atoms with Crippen molar-refractivity contribution in [2.75, 3.05) is 5.75 Å². The number of amides is 1. The predicted molar refractivity (Wildman–Crippen MR) is 71.9 cm³/mol. The van der Waals surface area contributed by atoms with E-state index in [-0.39, 0.29) is 22.1 Å². The molecule has 9 heteroatoms. The Morgan fingerprint density at radius 1 is 1.37 bits per heavy atom. The van der Waals surface area contributed by atoms with E-state index in [0.717, 1.165) is 0 Å². The van der Waals surface area contributed by atoms with E-state index < -0.39 is 10.1 Å². The van der Waals surface area contributed by atoms with E-state index in [0.29, 0.717) is 5.17 Å². The first kappa shape index (κ1) is 13.7. The molecule has 0 aromatic heterocycles. The number of hydrogen-bond acceptors (Lipinski definition) is 6. The van der Waals surface area contributed by atoms with Crippen LogP contribution in [0.25, 0.3) is 0 Å². The Kier molecular flexibility index (Phi) is 3.98. The van der Waals surface area contributed by atoms with Gasteiger partial charge in [-0.15, -0.1) is 5.10 Å². The van der Waals surface area contributed by atoms with Gasteiger partial charge in [0, 0.05) is 5.56 Å². The molecule has 1 aliphatic rings. The van der Waals surface area contributed by atoms with E-state index in [1.165, 1.54) is 36.2 Å². The minimum Gasteiger partial charge on any atom is -0.303 e. The third-order valence-electron chi connectivity index (χ3n) is 2.13. The van der Waals surface area contributed by atoms with Crippen molar-refractivity contribution < 1.29 is 17.8 Å². The lowest BCUT2D eigenvalue weighted by Gasteiger charge is -2.00. The highest BCUT2D eigenvalue weighted by Crippen LogP contribution is 2.13. The summed E-state index contributed by atoms with van der Waals surface area (Å²) in [6, 6.07) is 5.83. The van der Waals surface area contributed by atoms with Crippen molar-refractivity contribution in [3.8, 4) is 0 Å². The molecule has 0 radical (unpaired) electrons. The fraction of sp³-hybridized carbons (Fsp3) is 0.100. The number of hydrogen-bond donors (Lipinski definition) is 2. The van der Waals surface area contributed by atoms with Crippen molar-refractivity contribution in [1.29, 1.82) is 0 Å². The Morgan fingerprint density at radius 2 is 2.11 bits per heavy atom. The molecular weight excluding hydrogens is 290 g/mol. The number of rotatable bonds is 3. The lowest BCUT2D eigenvalue weighted by Crippen LogP contribution is -2.19. The van der Waals surface area contributed by atoms with Crippen LogP contribution in [-0.4, -0.2) is 36.0 Å². The summed E-state index contributed by atoms with van der Waals surface area (Å²) in [7, 11) is -4.31. The van der Waals surface area contributed by atoms with Gasteiger partial charge in [-0.25, -0.2) is 0 Å². The number of nitrogens with zero attached hydrogens (tertiary/aromatic N) is 2. The van der Waals surface area contributed by atoms with Crippen LogP contribution in [0.1, 0.15) is 5.56 Å². The van der Waals surface area contributed by atoms with Crippen LogP contribution in [-0.2, 0) is 14.9 Å². The lowest BCUT2D eigenvalue weighted by molar-refractivity contribution is -0.116. The molecule has 1 aliphatic heterocycles. The van der Waals surface area contributed by atoms with E-state index in [2.05, 4.69) is 15.5 Å². The highest BCUT2D eigenvalue weighted by molar-refractivity contribution is 8.15. The number of amidine groups is 1. The first-order chi connectivity index (χ1) is 8.97. The van der Waals surface area contributed by atoms with E-state index >= 15 is 0 Å². The number of nitrogens with one attached hydrogen (secondary N) is 1. The van der Waals surface area contributed by atoms with Gasteiger partial charge >= 0.3 is 0 Å². The molecule has 0 spiro atoms. The second-order valence-electron chi connectivity index (χ2n) is 3.50. The Bertz CT molecular complexity index is 667. The van der Waals surface area contributed by atoms with Crippen LogP contribution in [0.15, 0.2) is 39.4 Å². The maximum atomic E-state index is 11.1. The summed E-state index contributed by atoms with van der Waals surface area (Å²) in [4.78, 5) is 10.6. The Balaban J connectivity index is 2.22. The SMILES string of the molecule is O=C1CSC(=NN=Cc2ccccc2S(=O)(=O)O)N1. The molecule has 0 atom stereocenters. The molecule has 7 nitrogen and oxygen atoms in total. The van der Waals surface area contributed by atoms with Crippen molar-refractivity contribution >= 4 is 39.2 Å². The molecule has 0 saturated carbocycles. The molecule has 2 rings (SSSR count). The third-order valence-corrected chi connectivity index (χ3v) is 3.92. The summed E-state index contributed by atoms with van der Waals surface area (Å²) in [5.74, 6) is 0.132. The quantitative estimate of drug-likeness (QED) is 0.479. The standard InChI is InChI=1S/C10H9N3O4S2/c14-9-6-18-10(12-9)13-11-5-7-3-1-2-4-8(7)19(15,16)17/h1-5H,6H2,(H,12,13,14)(H,15,16,17). The van der Waals surface area contributed by atoms with Crippen molar-refractivity contribution in [3.05, 3.63) is 29.8 Å². The number of benzene rings is 1. The van der Waals surface area contributed by atoms with Gasteiger partial charge in [0.1, 0.15) is 4.90 Å². The van der Waals surface area contributed by atoms with Gasteiger partial charge in [0.05, 0.1) is 12.0 Å². The van der Waals surface area contributed by atoms with Gasteiger partial charge in [0.25, 0.3) is 10.1 Å². The van der Waals surface area contributed by atoms with Crippen LogP contribution in [0.5, 0.6) is 0 Å². The molecule has 0 unspecified atom stereocenters. The maximum Gasteiger partial charge on any atom is 0.295 e. The number of carbonyl (C=O) groups excluding carboxylic acids is 1. The molecule has 0 aliphatic carbocycles. The van der Waals surface area contributed by atoms with Crippen LogP contribution >= 0.6 is 11.8 Å². The molecule has 1 aromatic rings. The van der Waals surface area contributed by atoms with Gasteiger partial charge in [0.2, 0.25) is 5.91 Å². The molecular formula is C10H9N3O4S2. The highest BCUT2D eigenvalue weighted by Gasteiger charge is 2.16. The summed E-state index contributed by atoms with van der Waals surface area (Å²) in [5, 5.41) is 10.2. The first-order valence-corrected chi connectivity index (χ1v) is 7.49. The average Bonchev–Trinajstić information content (AvgIpc) is 2.74. The minimum absolute atomic E-state index is 0.155. The van der Waals surface area contributed by atoms with E-state index in [4.69, 9.17) is 4.55 Å². The van der Waals surface area contributed by atoms with Crippen LogP contribution in [0, 0.1) is 0 Å². The van der Waals surface area contributed by atoms with Gasteiger partial charge in [0.15, 0.2) is 5.17 Å². The molecule has 19 heavy (non-hydrogen) atoms. The van der Waals surface area contributed by atoms with Crippen molar-refractivity contribution in [2.45, 2.75) is 4.90 Å². The van der Waals surface area contributed by atoms with E-state index in [9.17, 15) is 13.2 Å². The number of thioether (sulfide) groups is 1. The van der Waals surface area contributed by atoms with Crippen LogP contribution in [0.3, 0.4) is 0 Å². The zero-order valence-corrected chi connectivity index (χ0v) is 11.1. The van der Waals surface area contributed by atoms with Crippen LogP contribution in [0.2, 0.25) is 0 Å². The Morgan fingerprint density at radius 3 is 2.74 bits per heavy atom. The summed E-state index contributed by atoms with van der Waals surface area (Å²) in [6.07, 6.45) is 1.20. The van der Waals surface area contributed by atoms with E-state index in [1.54, 1.807) is 6.07 Å². The average molecular weight is 299 g/mol. The van der Waals surface area contributed by atoms with Crippen molar-refractivity contribution in [2.24, 2.45) is 10.2 Å². The molecule has 2 N–H and O–H groups in total. The highest BCUT2D eigenvalue weighted by atomic mass is 32.2. The van der Waals surface area contributed by atoms with Crippen molar-refractivity contribution in [3.63, 3.8) is 0 Å². The van der Waals surface area contributed by atoms with Gasteiger partial charge in [-0.2, -0.15) is 13.5 Å². The minimum atomic E-state index is -4.31. The summed E-state index contributed by atoms with van der Waals surface area (Å²) in [6.45, 7) is 0. The smallest absolute Gasteiger partial charge is 0.295 e. The molecule has 100 valence electrons. The van der Waals surface area contributed by atoms with Gasteiger partial charge in [-0.3, -0.25) is 9.35 Å². The van der Waals surface area contributed by atoms with Gasteiger partial charge in [-0.05, 0) is 6.07 Å². The Labute approximate surface area is 113 Å². The molecule has 0 bridgehead atoms. The summed E-state index contributed by atoms with van der Waals surface area (Å²) >= 11 is 1.20. The maximum absolute atomic E-state index is 11.1. The molecule has 1 fully saturated rings. The molecule has 1 heterocycles. The number of carbonyl (C=O) groups is 1. The third kappa shape index (κ3) is 3.63. The molecule has 1 amide bonds. The largest absolute Gasteiger partial charge is 0.303 e. The van der Waals surface area contributed by atoms with Crippen LogP contribution in [0.4, 0.5) is 0 Å².